The molecule has 0 fully saturated rings. The number of hydrogen-bond acceptors (Lipinski definition) is 1. The summed E-state index contributed by atoms with van der Waals surface area (Å²) in [7, 11) is 0. The minimum absolute atomic E-state index is 0.291. The number of rotatable bonds is 3. The lowest BCUT2D eigenvalue weighted by atomic mass is 10.0. The predicted molar refractivity (Wildman–Crippen MR) is 65.6 cm³/mol. The van der Waals surface area contributed by atoms with Gasteiger partial charge in [0.15, 0.2) is 0 Å². The van der Waals surface area contributed by atoms with Gasteiger partial charge in [0, 0.05) is 10.5 Å². The lowest BCUT2D eigenvalue weighted by Gasteiger charge is -2.09. The highest BCUT2D eigenvalue weighted by molar-refractivity contribution is 9.10. The third kappa shape index (κ3) is 3.10. The number of benzene rings is 1. The molecule has 0 aliphatic carbocycles. The van der Waals surface area contributed by atoms with Gasteiger partial charge in [-0.05, 0) is 50.3 Å². The highest BCUT2D eigenvalue weighted by atomic mass is 79.9. The molecule has 2 N–H and O–H groups in total. The van der Waals surface area contributed by atoms with Crippen LogP contribution in [-0.4, -0.2) is 6.04 Å². The Balaban J connectivity index is 2.79. The summed E-state index contributed by atoms with van der Waals surface area (Å²) in [6, 6.07) is 4.76. The minimum atomic E-state index is 0.291. The van der Waals surface area contributed by atoms with Crippen LogP contribution in [0.25, 0.3) is 0 Å². The Kier molecular flexibility index (Phi) is 4.14. The van der Waals surface area contributed by atoms with E-state index in [0.717, 1.165) is 12.8 Å². The molecule has 0 aliphatic heterocycles. The molecule has 1 aromatic carbocycles. The molecule has 1 atom stereocenters. The SMILES string of the molecule is Cc1cc(CCC(C)N)cc(C)c1Br. The maximum Gasteiger partial charge on any atom is 0.0233 e. The van der Waals surface area contributed by atoms with Crippen molar-refractivity contribution >= 4 is 15.9 Å². The summed E-state index contributed by atoms with van der Waals surface area (Å²) in [6.45, 7) is 6.32. The third-order valence-corrected chi connectivity index (χ3v) is 3.64. The average molecular weight is 256 g/mol. The molecule has 1 nitrogen and oxygen atoms in total. The van der Waals surface area contributed by atoms with Crippen LogP contribution in [0.3, 0.4) is 0 Å². The fourth-order valence-corrected chi connectivity index (χ4v) is 1.80. The molecule has 0 heterocycles. The van der Waals surface area contributed by atoms with E-state index < -0.39 is 0 Å². The van der Waals surface area contributed by atoms with Crippen molar-refractivity contribution in [2.45, 2.75) is 39.7 Å². The van der Waals surface area contributed by atoms with Gasteiger partial charge in [0.05, 0.1) is 0 Å². The molecular weight excluding hydrogens is 238 g/mol. The van der Waals surface area contributed by atoms with Gasteiger partial charge in [-0.25, -0.2) is 0 Å². The molecule has 2 heteroatoms. The zero-order valence-electron chi connectivity index (χ0n) is 9.10. The first-order valence-corrected chi connectivity index (χ1v) is 5.81. The van der Waals surface area contributed by atoms with Gasteiger partial charge < -0.3 is 5.73 Å². The van der Waals surface area contributed by atoms with E-state index in [2.05, 4.69) is 48.8 Å². The Morgan fingerprint density at radius 3 is 2.21 bits per heavy atom. The number of halogens is 1. The summed E-state index contributed by atoms with van der Waals surface area (Å²) in [5.41, 5.74) is 9.75. The van der Waals surface area contributed by atoms with Gasteiger partial charge in [-0.15, -0.1) is 0 Å². The predicted octanol–water partition coefficient (Wildman–Crippen LogP) is 3.35. The maximum absolute atomic E-state index is 5.74. The molecule has 0 aromatic heterocycles. The average Bonchev–Trinajstić information content (AvgIpc) is 2.10. The van der Waals surface area contributed by atoms with Gasteiger partial charge >= 0.3 is 0 Å². The summed E-state index contributed by atoms with van der Waals surface area (Å²) in [4.78, 5) is 0. The Hall–Kier alpha value is -0.340. The van der Waals surface area contributed by atoms with Crippen LogP contribution in [0.2, 0.25) is 0 Å². The van der Waals surface area contributed by atoms with Crippen LogP contribution in [0.5, 0.6) is 0 Å². The fraction of sp³-hybridized carbons (Fsp3) is 0.500. The van der Waals surface area contributed by atoms with Crippen molar-refractivity contribution in [1.29, 1.82) is 0 Å². The maximum atomic E-state index is 5.74. The highest BCUT2D eigenvalue weighted by Crippen LogP contribution is 2.23. The molecule has 0 aliphatic rings. The van der Waals surface area contributed by atoms with Gasteiger partial charge in [0.2, 0.25) is 0 Å². The quantitative estimate of drug-likeness (QED) is 0.881. The van der Waals surface area contributed by atoms with Crippen LogP contribution >= 0.6 is 15.9 Å². The van der Waals surface area contributed by atoms with E-state index in [1.54, 1.807) is 0 Å². The summed E-state index contributed by atoms with van der Waals surface area (Å²) < 4.78 is 1.22. The first-order valence-electron chi connectivity index (χ1n) is 5.02. The van der Waals surface area contributed by atoms with Crippen molar-refractivity contribution in [3.05, 3.63) is 33.3 Å². The van der Waals surface area contributed by atoms with Crippen molar-refractivity contribution in [3.63, 3.8) is 0 Å². The van der Waals surface area contributed by atoms with E-state index in [9.17, 15) is 0 Å². The topological polar surface area (TPSA) is 26.0 Å². The smallest absolute Gasteiger partial charge is 0.0233 e. The van der Waals surface area contributed by atoms with Crippen LogP contribution in [-0.2, 0) is 6.42 Å². The van der Waals surface area contributed by atoms with E-state index in [4.69, 9.17) is 5.73 Å². The first-order chi connectivity index (χ1) is 6.50. The summed E-state index contributed by atoms with van der Waals surface area (Å²) in [5, 5.41) is 0. The lowest BCUT2D eigenvalue weighted by molar-refractivity contribution is 0.665. The Labute approximate surface area is 94.8 Å². The second-order valence-corrected chi connectivity index (χ2v) is 4.85. The molecule has 0 saturated carbocycles. The lowest BCUT2D eigenvalue weighted by Crippen LogP contribution is -2.15. The number of nitrogens with two attached hydrogens (primary N) is 1. The van der Waals surface area contributed by atoms with E-state index in [1.807, 2.05) is 0 Å². The Morgan fingerprint density at radius 2 is 1.79 bits per heavy atom. The molecule has 0 saturated heterocycles. The Bertz CT molecular complexity index is 295. The summed E-state index contributed by atoms with van der Waals surface area (Å²) >= 11 is 3.57. The van der Waals surface area contributed by atoms with Crippen LogP contribution in [0, 0.1) is 13.8 Å². The molecule has 1 rings (SSSR count). The summed E-state index contributed by atoms with van der Waals surface area (Å²) in [5.74, 6) is 0. The zero-order valence-corrected chi connectivity index (χ0v) is 10.7. The van der Waals surface area contributed by atoms with E-state index in [0.29, 0.717) is 6.04 Å². The number of hydrogen-bond donors (Lipinski definition) is 1. The van der Waals surface area contributed by atoms with Gasteiger partial charge in [0.1, 0.15) is 0 Å². The monoisotopic (exact) mass is 255 g/mol. The first kappa shape index (κ1) is 11.7. The van der Waals surface area contributed by atoms with E-state index in [-0.39, 0.29) is 0 Å². The van der Waals surface area contributed by atoms with Crippen LogP contribution in [0.15, 0.2) is 16.6 Å². The molecule has 0 spiro atoms. The number of aryl methyl sites for hydroxylation is 3. The van der Waals surface area contributed by atoms with Gasteiger partial charge in [-0.3, -0.25) is 0 Å². The van der Waals surface area contributed by atoms with Crippen molar-refractivity contribution in [1.82, 2.24) is 0 Å². The largest absolute Gasteiger partial charge is 0.328 e. The van der Waals surface area contributed by atoms with Crippen molar-refractivity contribution in [2.24, 2.45) is 5.73 Å². The van der Waals surface area contributed by atoms with Crippen LogP contribution in [0.4, 0.5) is 0 Å². The van der Waals surface area contributed by atoms with Gasteiger partial charge in [0.25, 0.3) is 0 Å². The molecule has 78 valence electrons. The van der Waals surface area contributed by atoms with E-state index >= 15 is 0 Å². The van der Waals surface area contributed by atoms with E-state index in [1.165, 1.54) is 21.2 Å². The highest BCUT2D eigenvalue weighted by Gasteiger charge is 2.03. The standard InChI is InChI=1S/C12H18BrN/c1-8-6-11(5-4-10(3)14)7-9(2)12(8)13/h6-7,10H,4-5,14H2,1-3H3. The molecule has 0 radical (unpaired) electrons. The van der Waals surface area contributed by atoms with Crippen molar-refractivity contribution < 1.29 is 0 Å². The normalized spacial score (nSPS) is 12.9. The zero-order chi connectivity index (χ0) is 10.7. The van der Waals surface area contributed by atoms with Crippen molar-refractivity contribution in [3.8, 4) is 0 Å². The van der Waals surface area contributed by atoms with Gasteiger partial charge in [-0.1, -0.05) is 28.1 Å². The second kappa shape index (κ2) is 4.94. The molecule has 14 heavy (non-hydrogen) atoms. The van der Waals surface area contributed by atoms with Crippen molar-refractivity contribution in [2.75, 3.05) is 0 Å². The minimum Gasteiger partial charge on any atom is -0.328 e. The summed E-state index contributed by atoms with van der Waals surface area (Å²) in [6.07, 6.45) is 2.13. The second-order valence-electron chi connectivity index (χ2n) is 4.06. The fourth-order valence-electron chi connectivity index (χ4n) is 1.57. The van der Waals surface area contributed by atoms with Crippen LogP contribution in [0.1, 0.15) is 30.0 Å². The Morgan fingerprint density at radius 1 is 1.29 bits per heavy atom. The third-order valence-electron chi connectivity index (χ3n) is 2.38. The molecular formula is C12H18BrN. The molecule has 1 unspecified atom stereocenters. The van der Waals surface area contributed by atoms with Crippen LogP contribution < -0.4 is 5.73 Å². The van der Waals surface area contributed by atoms with Gasteiger partial charge in [-0.2, -0.15) is 0 Å². The molecule has 0 amide bonds. The molecule has 1 aromatic rings. The molecule has 0 bridgehead atoms.